The third-order valence-corrected chi connectivity index (χ3v) is 11.6. The topological polar surface area (TPSA) is 139 Å². The smallest absolute Gasteiger partial charge is 0.207 e. The molecule has 348 valence electrons. The number of halogens is 2. The Labute approximate surface area is 390 Å². The minimum atomic E-state index is 0.381. The molecule has 3 N–H and O–H groups in total. The molecule has 1 aromatic heterocycles. The Morgan fingerprint density at radius 3 is 2.31 bits per heavy atom. The van der Waals surface area contributed by atoms with Crippen molar-refractivity contribution in [1.82, 2.24) is 14.8 Å². The van der Waals surface area contributed by atoms with Crippen molar-refractivity contribution in [3.63, 3.8) is 0 Å². The van der Waals surface area contributed by atoms with Gasteiger partial charge in [-0.1, -0.05) is 43.1 Å². The molecular weight excluding hydrogens is 851 g/mol. The van der Waals surface area contributed by atoms with E-state index in [-0.39, 0.29) is 0 Å². The molecule has 1 fully saturated rings. The molecule has 4 aromatic rings. The van der Waals surface area contributed by atoms with E-state index in [0.717, 1.165) is 124 Å². The summed E-state index contributed by atoms with van der Waals surface area (Å²) in [4.78, 5) is 35.5. The van der Waals surface area contributed by atoms with Gasteiger partial charge < -0.3 is 34.5 Å². The summed E-state index contributed by atoms with van der Waals surface area (Å²) in [5.74, 6) is 0.766. The van der Waals surface area contributed by atoms with E-state index in [2.05, 4.69) is 52.4 Å². The van der Waals surface area contributed by atoms with E-state index in [9.17, 15) is 9.59 Å². The minimum Gasteiger partial charge on any atom is -0.494 e. The number of methoxy groups -OCH3 is 1. The number of carbonyl (C=O) groups excluding carboxylic acids is 2. The Hall–Kier alpha value is -4.82. The number of hydrogen-bond donors (Lipinski definition) is 3. The van der Waals surface area contributed by atoms with Crippen LogP contribution in [0.4, 0.5) is 5.69 Å². The molecule has 0 saturated carbocycles. The number of aromatic nitrogens is 1. The second-order valence-electron chi connectivity index (χ2n) is 15.0. The van der Waals surface area contributed by atoms with Crippen LogP contribution in [0.15, 0.2) is 58.1 Å². The predicted molar refractivity (Wildman–Crippen MR) is 268 cm³/mol. The van der Waals surface area contributed by atoms with Crippen molar-refractivity contribution in [2.45, 2.75) is 67.9 Å². The number of rotatable bonds is 22. The Morgan fingerprint density at radius 2 is 1.67 bits per heavy atom. The molecule has 1 saturated heterocycles. The standard InChI is InChI=1S/C47H58Cl2N6O5.C2H6.CH4O/c1-31-23-37(47-38(24-31)28-39(29-56)55(47)18-20-58-7)27-36(9-8-19-60-40-25-32(2)45(49)33(3)26-40)41-10-11-42(48)44(46(41)53-13-12-51-30-57)43(34(4)50-6)35(5)52-14-15-54-16-21-59-22-17-54;2*1-2/h10-11,23-30,53H,6,8-9,12-22H2,1-5,7H3,(H,51,57);1-2H3;2H,1H3/b36-27+,43-34+,52-35?;;. The lowest BCUT2D eigenvalue weighted by atomic mass is 9.90. The molecule has 0 unspecified atom stereocenters. The van der Waals surface area contributed by atoms with Crippen LogP contribution in [0.2, 0.25) is 10.0 Å². The van der Waals surface area contributed by atoms with Crippen LogP contribution in [0.5, 0.6) is 5.75 Å². The molecule has 14 heteroatoms. The predicted octanol–water partition coefficient (Wildman–Crippen LogP) is 9.75. The number of carbonyl (C=O) groups is 2. The maximum Gasteiger partial charge on any atom is 0.207 e. The number of aliphatic hydroxyl groups excluding tert-OH is 1. The average molecular weight is 920 g/mol. The van der Waals surface area contributed by atoms with Gasteiger partial charge in [-0.25, -0.2) is 0 Å². The summed E-state index contributed by atoms with van der Waals surface area (Å²) in [6.45, 7) is 24.6. The van der Waals surface area contributed by atoms with Crippen LogP contribution in [0, 0.1) is 20.8 Å². The van der Waals surface area contributed by atoms with Crippen molar-refractivity contribution < 1.29 is 28.9 Å². The van der Waals surface area contributed by atoms with E-state index in [1.165, 1.54) is 0 Å². The van der Waals surface area contributed by atoms with Crippen molar-refractivity contribution >= 4 is 82.1 Å². The first-order chi connectivity index (χ1) is 31.0. The second kappa shape index (κ2) is 28.2. The number of benzene rings is 3. The fraction of sp³-hybridized carbons (Fsp3) is 0.440. The first-order valence-corrected chi connectivity index (χ1v) is 22.6. The number of aldehydes is 1. The first-order valence-electron chi connectivity index (χ1n) is 21.9. The number of aliphatic hydroxyl groups is 1. The van der Waals surface area contributed by atoms with Gasteiger partial charge in [0.05, 0.1) is 54.9 Å². The van der Waals surface area contributed by atoms with Crippen LogP contribution in [-0.2, 0) is 20.8 Å². The highest BCUT2D eigenvalue weighted by Gasteiger charge is 2.23. The zero-order valence-electron chi connectivity index (χ0n) is 39.2. The van der Waals surface area contributed by atoms with E-state index in [1.807, 2.05) is 76.4 Å². The second-order valence-corrected chi connectivity index (χ2v) is 15.8. The molecule has 3 aromatic carbocycles. The summed E-state index contributed by atoms with van der Waals surface area (Å²) in [7, 11) is 2.66. The Morgan fingerprint density at radius 1 is 0.969 bits per heavy atom. The number of aliphatic imine (C=N–C) groups is 2. The largest absolute Gasteiger partial charge is 0.494 e. The van der Waals surface area contributed by atoms with Crippen LogP contribution < -0.4 is 15.4 Å². The molecule has 12 nitrogen and oxygen atoms in total. The fourth-order valence-corrected chi connectivity index (χ4v) is 8.09. The van der Waals surface area contributed by atoms with E-state index in [4.69, 9.17) is 47.5 Å². The molecule has 0 bridgehead atoms. The highest BCUT2D eigenvalue weighted by Crippen LogP contribution is 2.42. The molecule has 0 aliphatic carbocycles. The monoisotopic (exact) mass is 918 g/mol. The lowest BCUT2D eigenvalue weighted by Gasteiger charge is -2.26. The van der Waals surface area contributed by atoms with Crippen molar-refractivity contribution in [3.8, 4) is 5.75 Å². The number of ether oxygens (including phenoxy) is 3. The van der Waals surface area contributed by atoms with Gasteiger partial charge in [-0.2, -0.15) is 0 Å². The Kier molecular flexibility index (Phi) is 23.6. The van der Waals surface area contributed by atoms with Gasteiger partial charge in [0.2, 0.25) is 6.41 Å². The van der Waals surface area contributed by atoms with E-state index >= 15 is 0 Å². The van der Waals surface area contributed by atoms with Gasteiger partial charge >= 0.3 is 0 Å². The lowest BCUT2D eigenvalue weighted by Crippen LogP contribution is -2.37. The summed E-state index contributed by atoms with van der Waals surface area (Å²) in [5.41, 5.74) is 11.1. The van der Waals surface area contributed by atoms with E-state index in [0.29, 0.717) is 75.1 Å². The van der Waals surface area contributed by atoms with Gasteiger partial charge in [-0.3, -0.25) is 24.5 Å². The molecule has 0 atom stereocenters. The van der Waals surface area contributed by atoms with Crippen LogP contribution in [-0.4, -0.2) is 120 Å². The van der Waals surface area contributed by atoms with Crippen molar-refractivity contribution in [2.24, 2.45) is 9.98 Å². The molecular formula is C50H68Cl2N6O6. The minimum absolute atomic E-state index is 0.381. The van der Waals surface area contributed by atoms with Crippen LogP contribution in [0.3, 0.4) is 0 Å². The van der Waals surface area contributed by atoms with E-state index < -0.39 is 0 Å². The van der Waals surface area contributed by atoms with Crippen molar-refractivity contribution in [3.05, 3.63) is 97.3 Å². The normalized spacial score (nSPS) is 13.6. The maximum absolute atomic E-state index is 12.4. The molecule has 0 spiro atoms. The number of anilines is 1. The number of fused-ring (bicyclic) bond motifs is 1. The molecule has 64 heavy (non-hydrogen) atoms. The number of nitrogens with one attached hydrogen (secondary N) is 2. The average Bonchev–Trinajstić information content (AvgIpc) is 3.66. The third-order valence-electron chi connectivity index (χ3n) is 10.7. The number of aryl methyl sites for hydroxylation is 3. The Balaban J connectivity index is 0.00000265. The van der Waals surface area contributed by atoms with Crippen molar-refractivity contribution in [2.75, 3.05) is 85.2 Å². The molecule has 1 aliphatic rings. The van der Waals surface area contributed by atoms with Crippen LogP contribution in [0.1, 0.15) is 84.4 Å². The number of morpholine rings is 1. The molecule has 1 amide bonds. The lowest BCUT2D eigenvalue weighted by molar-refractivity contribution is -0.109. The Bertz CT molecular complexity index is 2240. The van der Waals surface area contributed by atoms with Gasteiger partial charge in [0.25, 0.3) is 0 Å². The number of amides is 1. The highest BCUT2D eigenvalue weighted by atomic mass is 35.5. The van der Waals surface area contributed by atoms with Gasteiger partial charge in [0, 0.05) is 92.0 Å². The zero-order valence-corrected chi connectivity index (χ0v) is 40.7. The number of hydrogen-bond acceptors (Lipinski definition) is 10. The molecule has 2 heterocycles. The summed E-state index contributed by atoms with van der Waals surface area (Å²) in [6.07, 6.45) is 5.08. The van der Waals surface area contributed by atoms with Gasteiger partial charge in [0.15, 0.2) is 6.29 Å². The zero-order chi connectivity index (χ0) is 47.2. The SMILES string of the molecule is C=N/C(C)=C(\C(C)=NCCN1CCOCC1)c1c(Cl)ccc(/C(=C/c2cc(C)cc3cc(C=O)n(CCOC)c23)CCCOc2cc(C)c(Cl)c(C)c2)c1NCCNC=O.CC.CO. The van der Waals surface area contributed by atoms with Gasteiger partial charge in [-0.05, 0) is 124 Å². The van der Waals surface area contributed by atoms with E-state index in [1.54, 1.807) is 7.11 Å². The number of allylic oxidation sites excluding steroid dienone is 3. The third kappa shape index (κ3) is 14.6. The molecule has 1 aliphatic heterocycles. The van der Waals surface area contributed by atoms with Crippen LogP contribution >= 0.6 is 23.2 Å². The summed E-state index contributed by atoms with van der Waals surface area (Å²) >= 11 is 13.7. The molecule has 5 rings (SSSR count). The van der Waals surface area contributed by atoms with Gasteiger partial charge in [-0.15, -0.1) is 0 Å². The number of nitrogens with zero attached hydrogens (tertiary/aromatic N) is 4. The first kappa shape index (κ1) is 53.5. The summed E-state index contributed by atoms with van der Waals surface area (Å²) < 4.78 is 19.4. The highest BCUT2D eigenvalue weighted by molar-refractivity contribution is 6.37. The maximum atomic E-state index is 12.4. The summed E-state index contributed by atoms with van der Waals surface area (Å²) in [5, 5.41) is 15.6. The van der Waals surface area contributed by atoms with Crippen molar-refractivity contribution in [1.29, 1.82) is 0 Å². The fourth-order valence-electron chi connectivity index (χ4n) is 7.73. The van der Waals surface area contributed by atoms with Gasteiger partial charge in [0.1, 0.15) is 5.75 Å². The van der Waals surface area contributed by atoms with Crippen LogP contribution in [0.25, 0.3) is 28.1 Å². The quantitative estimate of drug-likeness (QED) is 0.0307. The summed E-state index contributed by atoms with van der Waals surface area (Å²) in [6, 6.07) is 14.1. The molecule has 0 radical (unpaired) electrons.